The van der Waals surface area contributed by atoms with Gasteiger partial charge in [-0.2, -0.15) is 0 Å². The summed E-state index contributed by atoms with van der Waals surface area (Å²) in [5, 5.41) is 2.93. The van der Waals surface area contributed by atoms with E-state index in [1.54, 1.807) is 32.4 Å². The Hall–Kier alpha value is -1.75. The largest absolute Gasteiger partial charge is 0.497 e. The van der Waals surface area contributed by atoms with Crippen LogP contribution in [-0.4, -0.2) is 39.8 Å². The number of amides is 1. The van der Waals surface area contributed by atoms with Crippen molar-refractivity contribution in [3.05, 3.63) is 18.2 Å². The van der Waals surface area contributed by atoms with Gasteiger partial charge in [0.05, 0.1) is 40.3 Å². The van der Waals surface area contributed by atoms with Crippen molar-refractivity contribution in [2.45, 2.75) is 26.2 Å². The molecule has 1 heterocycles. The van der Waals surface area contributed by atoms with Gasteiger partial charge in [0.2, 0.25) is 5.91 Å². The van der Waals surface area contributed by atoms with Crippen molar-refractivity contribution in [1.82, 2.24) is 0 Å². The lowest BCUT2D eigenvalue weighted by molar-refractivity contribution is -0.907. The van der Waals surface area contributed by atoms with Gasteiger partial charge in [-0.3, -0.25) is 4.79 Å². The van der Waals surface area contributed by atoms with E-state index in [1.807, 2.05) is 0 Å². The average molecular weight is 307 g/mol. The van der Waals surface area contributed by atoms with E-state index in [-0.39, 0.29) is 5.91 Å². The molecule has 22 heavy (non-hydrogen) atoms. The number of carbonyl (C=O) groups is 1. The number of hydrogen-bond donors (Lipinski definition) is 2. The zero-order valence-corrected chi connectivity index (χ0v) is 13.8. The van der Waals surface area contributed by atoms with E-state index in [9.17, 15) is 4.79 Å². The molecule has 5 nitrogen and oxygen atoms in total. The molecule has 5 heteroatoms. The molecule has 1 amide bonds. The molecule has 0 radical (unpaired) electrons. The van der Waals surface area contributed by atoms with E-state index >= 15 is 0 Å². The van der Waals surface area contributed by atoms with Gasteiger partial charge in [-0.25, -0.2) is 0 Å². The first-order chi connectivity index (χ1) is 10.6. The molecule has 1 aliphatic rings. The Bertz CT molecular complexity index is 482. The standard InChI is InChI=1S/C17H26N2O3/c1-13-5-4-7-19(12-13)8-6-17(20)18-14-9-15(21-2)11-16(10-14)22-3/h9-11,13H,4-8,12H2,1-3H3,(H,18,20)/p+1/t13-/m1/s1. The molecule has 0 bridgehead atoms. The van der Waals surface area contributed by atoms with Crippen LogP contribution in [0.5, 0.6) is 11.5 Å². The Morgan fingerprint density at radius 1 is 1.27 bits per heavy atom. The highest BCUT2D eigenvalue weighted by Crippen LogP contribution is 2.25. The van der Waals surface area contributed by atoms with Gasteiger partial charge in [-0.05, 0) is 12.8 Å². The molecule has 2 atom stereocenters. The Morgan fingerprint density at radius 3 is 2.55 bits per heavy atom. The SMILES string of the molecule is COc1cc(NC(=O)CC[NH+]2CCC[C@@H](C)C2)cc(OC)c1. The fraction of sp³-hybridized carbons (Fsp3) is 0.588. The van der Waals surface area contributed by atoms with E-state index in [1.165, 1.54) is 30.8 Å². The number of benzene rings is 1. The van der Waals surface area contributed by atoms with Gasteiger partial charge < -0.3 is 19.7 Å². The zero-order valence-electron chi connectivity index (χ0n) is 13.8. The van der Waals surface area contributed by atoms with Gasteiger partial charge in [-0.15, -0.1) is 0 Å². The number of nitrogens with one attached hydrogen (secondary N) is 2. The summed E-state index contributed by atoms with van der Waals surface area (Å²) in [6, 6.07) is 5.39. The van der Waals surface area contributed by atoms with E-state index in [2.05, 4.69) is 12.2 Å². The van der Waals surface area contributed by atoms with Crippen molar-refractivity contribution < 1.29 is 19.2 Å². The molecule has 0 aromatic heterocycles. The molecule has 1 aliphatic heterocycles. The number of ether oxygens (including phenoxy) is 2. The van der Waals surface area contributed by atoms with Gasteiger partial charge in [0.25, 0.3) is 0 Å². The lowest BCUT2D eigenvalue weighted by Crippen LogP contribution is -3.13. The minimum Gasteiger partial charge on any atom is -0.497 e. The Kier molecular flexibility index (Phi) is 6.07. The summed E-state index contributed by atoms with van der Waals surface area (Å²) in [6.45, 7) is 5.56. The molecule has 1 aromatic rings. The number of methoxy groups -OCH3 is 2. The molecule has 0 aliphatic carbocycles. The maximum Gasteiger partial charge on any atom is 0.230 e. The van der Waals surface area contributed by atoms with Crippen LogP contribution < -0.4 is 19.7 Å². The van der Waals surface area contributed by atoms with E-state index < -0.39 is 0 Å². The summed E-state index contributed by atoms with van der Waals surface area (Å²) in [6.07, 6.45) is 3.13. The molecule has 122 valence electrons. The van der Waals surface area contributed by atoms with Crippen molar-refractivity contribution in [3.63, 3.8) is 0 Å². The van der Waals surface area contributed by atoms with Gasteiger partial charge >= 0.3 is 0 Å². The summed E-state index contributed by atoms with van der Waals surface area (Å²) < 4.78 is 10.4. The molecule has 1 fully saturated rings. The fourth-order valence-corrected chi connectivity index (χ4v) is 3.02. The zero-order chi connectivity index (χ0) is 15.9. The van der Waals surface area contributed by atoms with Gasteiger partial charge in [0.1, 0.15) is 11.5 Å². The normalized spacial score (nSPS) is 21.2. The molecule has 1 unspecified atom stereocenters. The van der Waals surface area contributed by atoms with Crippen LogP contribution >= 0.6 is 0 Å². The molecule has 2 rings (SSSR count). The van der Waals surface area contributed by atoms with E-state index in [0.29, 0.717) is 23.6 Å². The van der Waals surface area contributed by atoms with Gasteiger partial charge in [0.15, 0.2) is 0 Å². The molecule has 1 aromatic carbocycles. The third kappa shape index (κ3) is 4.91. The number of carbonyl (C=O) groups excluding carboxylic acids is 1. The monoisotopic (exact) mass is 307 g/mol. The molecule has 0 spiro atoms. The smallest absolute Gasteiger partial charge is 0.230 e. The Labute approximate surface area is 132 Å². The van der Waals surface area contributed by atoms with Crippen molar-refractivity contribution in [1.29, 1.82) is 0 Å². The summed E-state index contributed by atoms with van der Waals surface area (Å²) in [5.74, 6) is 2.16. The third-order valence-corrected chi connectivity index (χ3v) is 4.21. The quantitative estimate of drug-likeness (QED) is 0.834. The molecular weight excluding hydrogens is 280 g/mol. The topological polar surface area (TPSA) is 52.0 Å². The predicted octanol–water partition coefficient (Wildman–Crippen LogP) is 1.35. The Balaban J connectivity index is 1.86. The second-order valence-electron chi connectivity index (χ2n) is 6.10. The van der Waals surface area contributed by atoms with Crippen molar-refractivity contribution in [2.75, 3.05) is 39.2 Å². The van der Waals surface area contributed by atoms with Crippen LogP contribution in [0.15, 0.2) is 18.2 Å². The van der Waals surface area contributed by atoms with Gasteiger partial charge in [0, 0.05) is 29.8 Å². The first-order valence-electron chi connectivity index (χ1n) is 7.97. The highest BCUT2D eigenvalue weighted by Gasteiger charge is 2.20. The number of rotatable bonds is 6. The minimum atomic E-state index is 0.0426. The first-order valence-corrected chi connectivity index (χ1v) is 7.97. The van der Waals surface area contributed by atoms with Crippen molar-refractivity contribution >= 4 is 11.6 Å². The molecular formula is C17H27N2O3+. The summed E-state index contributed by atoms with van der Waals surface area (Å²) in [7, 11) is 3.20. The van der Waals surface area contributed by atoms with Crippen molar-refractivity contribution in [3.8, 4) is 11.5 Å². The minimum absolute atomic E-state index is 0.0426. The molecule has 2 N–H and O–H groups in total. The van der Waals surface area contributed by atoms with Crippen LogP contribution in [0, 0.1) is 5.92 Å². The predicted molar refractivity (Wildman–Crippen MR) is 86.8 cm³/mol. The van der Waals surface area contributed by atoms with Crippen molar-refractivity contribution in [2.24, 2.45) is 5.92 Å². The number of piperidine rings is 1. The van der Waals surface area contributed by atoms with Crippen LogP contribution in [0.3, 0.4) is 0 Å². The Morgan fingerprint density at radius 2 is 1.95 bits per heavy atom. The third-order valence-electron chi connectivity index (χ3n) is 4.21. The maximum atomic E-state index is 12.1. The lowest BCUT2D eigenvalue weighted by Gasteiger charge is -2.27. The number of anilines is 1. The lowest BCUT2D eigenvalue weighted by atomic mass is 10.0. The molecule has 0 saturated carbocycles. The number of likely N-dealkylation sites (tertiary alicyclic amines) is 1. The first kappa shape index (κ1) is 16.6. The number of quaternary nitrogens is 1. The van der Waals surface area contributed by atoms with Crippen LogP contribution in [0.1, 0.15) is 26.2 Å². The molecule has 1 saturated heterocycles. The summed E-state index contributed by atoms with van der Waals surface area (Å²) >= 11 is 0. The highest BCUT2D eigenvalue weighted by atomic mass is 16.5. The number of hydrogen-bond acceptors (Lipinski definition) is 3. The van der Waals surface area contributed by atoms with E-state index in [4.69, 9.17) is 9.47 Å². The fourth-order valence-electron chi connectivity index (χ4n) is 3.02. The highest BCUT2D eigenvalue weighted by molar-refractivity contribution is 5.91. The van der Waals surface area contributed by atoms with Crippen LogP contribution in [0.25, 0.3) is 0 Å². The summed E-state index contributed by atoms with van der Waals surface area (Å²) in [5.41, 5.74) is 0.711. The van der Waals surface area contributed by atoms with Crippen LogP contribution in [0.4, 0.5) is 5.69 Å². The summed E-state index contributed by atoms with van der Waals surface area (Å²) in [4.78, 5) is 13.7. The second-order valence-corrected chi connectivity index (χ2v) is 6.10. The van der Waals surface area contributed by atoms with Gasteiger partial charge in [-0.1, -0.05) is 6.92 Å². The second kappa shape index (κ2) is 8.03. The van der Waals surface area contributed by atoms with Crippen LogP contribution in [-0.2, 0) is 4.79 Å². The maximum absolute atomic E-state index is 12.1. The van der Waals surface area contributed by atoms with E-state index in [0.717, 1.165) is 12.5 Å². The average Bonchev–Trinajstić information content (AvgIpc) is 2.52. The van der Waals surface area contributed by atoms with Crippen LogP contribution in [0.2, 0.25) is 0 Å².